The Balaban J connectivity index is 1.66. The molecule has 2 N–H and O–H groups in total. The zero-order chi connectivity index (χ0) is 14.4. The van der Waals surface area contributed by atoms with Crippen LogP contribution in [0.2, 0.25) is 0 Å². The van der Waals surface area contributed by atoms with E-state index in [4.69, 9.17) is 10.5 Å². The van der Waals surface area contributed by atoms with Crippen LogP contribution in [0.3, 0.4) is 0 Å². The van der Waals surface area contributed by atoms with Gasteiger partial charge in [0.15, 0.2) is 0 Å². The zero-order valence-corrected chi connectivity index (χ0v) is 13.6. The highest BCUT2D eigenvalue weighted by molar-refractivity contribution is 4.89. The molecule has 0 aromatic carbocycles. The van der Waals surface area contributed by atoms with E-state index in [1.165, 1.54) is 45.3 Å². The molecule has 0 atom stereocenters. The smallest absolute Gasteiger partial charge is 0.0804 e. The van der Waals surface area contributed by atoms with Crippen molar-refractivity contribution in [2.24, 2.45) is 17.6 Å². The Bertz CT molecular complexity index is 266. The Morgan fingerprint density at radius 1 is 1.20 bits per heavy atom. The summed E-state index contributed by atoms with van der Waals surface area (Å²) in [6.45, 7) is 10.1. The number of ether oxygens (including phenoxy) is 1. The van der Waals surface area contributed by atoms with Gasteiger partial charge in [0.05, 0.1) is 5.60 Å². The number of nitrogens with zero attached hydrogens (tertiary/aromatic N) is 1. The Morgan fingerprint density at radius 3 is 2.40 bits per heavy atom. The summed E-state index contributed by atoms with van der Waals surface area (Å²) in [5, 5.41) is 0. The molecule has 0 spiro atoms. The number of rotatable bonds is 7. The van der Waals surface area contributed by atoms with Crippen LogP contribution in [0.5, 0.6) is 0 Å². The molecule has 3 heteroatoms. The molecule has 1 heterocycles. The van der Waals surface area contributed by atoms with Gasteiger partial charge in [-0.2, -0.15) is 0 Å². The van der Waals surface area contributed by atoms with Crippen molar-refractivity contribution in [1.82, 2.24) is 4.90 Å². The molecule has 0 aromatic heterocycles. The number of hydrogen-bond acceptors (Lipinski definition) is 3. The molecule has 2 rings (SSSR count). The molecular weight excluding hydrogens is 248 g/mol. The van der Waals surface area contributed by atoms with Crippen molar-refractivity contribution in [3.8, 4) is 0 Å². The lowest BCUT2D eigenvalue weighted by molar-refractivity contribution is -0.0762. The van der Waals surface area contributed by atoms with Crippen LogP contribution in [0.4, 0.5) is 0 Å². The number of nitrogens with two attached hydrogens (primary N) is 1. The molecule has 2 aliphatic rings. The second-order valence-corrected chi connectivity index (χ2v) is 7.22. The van der Waals surface area contributed by atoms with Crippen LogP contribution >= 0.6 is 0 Å². The van der Waals surface area contributed by atoms with Crippen molar-refractivity contribution in [3.63, 3.8) is 0 Å². The summed E-state index contributed by atoms with van der Waals surface area (Å²) in [6, 6.07) is 0. The predicted octanol–water partition coefficient (Wildman–Crippen LogP) is 3.03. The number of likely N-dealkylation sites (tertiary alicyclic amines) is 1. The first-order chi connectivity index (χ1) is 9.65. The summed E-state index contributed by atoms with van der Waals surface area (Å²) in [4.78, 5) is 2.56. The van der Waals surface area contributed by atoms with E-state index in [2.05, 4.69) is 18.7 Å². The summed E-state index contributed by atoms with van der Waals surface area (Å²) in [5.41, 5.74) is 6.03. The second-order valence-electron chi connectivity index (χ2n) is 7.22. The maximum atomic E-state index is 6.26. The van der Waals surface area contributed by atoms with E-state index in [0.717, 1.165) is 37.7 Å². The fraction of sp³-hybridized carbons (Fsp3) is 1.00. The molecule has 0 amide bonds. The molecule has 0 radical (unpaired) electrons. The van der Waals surface area contributed by atoms with E-state index in [-0.39, 0.29) is 5.60 Å². The highest BCUT2D eigenvalue weighted by Gasteiger charge is 2.35. The van der Waals surface area contributed by atoms with E-state index in [9.17, 15) is 0 Å². The van der Waals surface area contributed by atoms with Gasteiger partial charge in [0.25, 0.3) is 0 Å². The van der Waals surface area contributed by atoms with Crippen molar-refractivity contribution in [3.05, 3.63) is 0 Å². The van der Waals surface area contributed by atoms with Crippen LogP contribution in [0.25, 0.3) is 0 Å². The summed E-state index contributed by atoms with van der Waals surface area (Å²) >= 11 is 0. The lowest BCUT2D eigenvalue weighted by atomic mass is 9.74. The van der Waals surface area contributed by atoms with Crippen LogP contribution in [0.1, 0.15) is 58.8 Å². The molecule has 1 saturated carbocycles. The monoisotopic (exact) mass is 282 g/mol. The first-order valence-electron chi connectivity index (χ1n) is 8.71. The minimum Gasteiger partial charge on any atom is -0.374 e. The molecule has 118 valence electrons. The lowest BCUT2D eigenvalue weighted by Crippen LogP contribution is -2.45. The summed E-state index contributed by atoms with van der Waals surface area (Å²) < 4.78 is 6.26. The molecule has 20 heavy (non-hydrogen) atoms. The predicted molar refractivity (Wildman–Crippen MR) is 84.8 cm³/mol. The number of hydrogen-bond donors (Lipinski definition) is 1. The van der Waals surface area contributed by atoms with Crippen LogP contribution in [0.15, 0.2) is 0 Å². The summed E-state index contributed by atoms with van der Waals surface area (Å²) in [7, 11) is 0. The van der Waals surface area contributed by atoms with E-state index in [0.29, 0.717) is 6.54 Å². The molecule has 0 unspecified atom stereocenters. The largest absolute Gasteiger partial charge is 0.374 e. The van der Waals surface area contributed by atoms with Gasteiger partial charge in [0.2, 0.25) is 0 Å². The molecule has 1 aliphatic carbocycles. The van der Waals surface area contributed by atoms with Gasteiger partial charge in [-0.3, -0.25) is 0 Å². The second kappa shape index (κ2) is 7.77. The van der Waals surface area contributed by atoms with Crippen molar-refractivity contribution < 1.29 is 4.74 Å². The molecule has 0 bridgehead atoms. The molecule has 1 aliphatic heterocycles. The van der Waals surface area contributed by atoms with Crippen LogP contribution in [-0.2, 0) is 4.74 Å². The third-order valence-corrected chi connectivity index (χ3v) is 5.48. The van der Waals surface area contributed by atoms with Crippen molar-refractivity contribution in [2.45, 2.75) is 64.4 Å². The Hall–Kier alpha value is -0.120. The third-order valence-electron chi connectivity index (χ3n) is 5.48. The highest BCUT2D eigenvalue weighted by atomic mass is 16.5. The topological polar surface area (TPSA) is 38.5 Å². The zero-order valence-electron chi connectivity index (χ0n) is 13.6. The van der Waals surface area contributed by atoms with Gasteiger partial charge < -0.3 is 15.4 Å². The molecule has 0 aromatic rings. The molecule has 2 fully saturated rings. The standard InChI is InChI=1S/C17H34N2O/c1-15(2)16-6-8-17(14-18,9-7-16)20-13-5-12-19-10-3-4-11-19/h15-16H,3-14,18H2,1-2H3. The summed E-state index contributed by atoms with van der Waals surface area (Å²) in [5.74, 6) is 1.68. The minimum atomic E-state index is -0.00357. The van der Waals surface area contributed by atoms with Gasteiger partial charge in [-0.25, -0.2) is 0 Å². The van der Waals surface area contributed by atoms with E-state index >= 15 is 0 Å². The van der Waals surface area contributed by atoms with E-state index < -0.39 is 0 Å². The lowest BCUT2D eigenvalue weighted by Gasteiger charge is -2.40. The summed E-state index contributed by atoms with van der Waals surface area (Å²) in [6.07, 6.45) is 8.83. The molecule has 1 saturated heterocycles. The average Bonchev–Trinajstić information content (AvgIpc) is 2.97. The van der Waals surface area contributed by atoms with Crippen molar-refractivity contribution >= 4 is 0 Å². The fourth-order valence-corrected chi connectivity index (χ4v) is 3.82. The van der Waals surface area contributed by atoms with Gasteiger partial charge in [-0.15, -0.1) is 0 Å². The van der Waals surface area contributed by atoms with Gasteiger partial charge >= 0.3 is 0 Å². The maximum Gasteiger partial charge on any atom is 0.0804 e. The third kappa shape index (κ3) is 4.44. The van der Waals surface area contributed by atoms with Gasteiger partial charge in [-0.1, -0.05) is 13.8 Å². The van der Waals surface area contributed by atoms with Gasteiger partial charge in [0, 0.05) is 19.7 Å². The van der Waals surface area contributed by atoms with Crippen LogP contribution in [-0.4, -0.2) is 43.3 Å². The van der Waals surface area contributed by atoms with Gasteiger partial charge in [0.1, 0.15) is 0 Å². The average molecular weight is 282 g/mol. The Labute approximate surface area is 125 Å². The molecule has 3 nitrogen and oxygen atoms in total. The molecular formula is C17H34N2O. The first-order valence-corrected chi connectivity index (χ1v) is 8.71. The van der Waals surface area contributed by atoms with Crippen LogP contribution < -0.4 is 5.73 Å². The normalized spacial score (nSPS) is 32.1. The van der Waals surface area contributed by atoms with E-state index in [1.807, 2.05) is 0 Å². The minimum absolute atomic E-state index is 0.00357. The maximum absolute atomic E-state index is 6.26. The quantitative estimate of drug-likeness (QED) is 0.729. The van der Waals surface area contributed by atoms with E-state index in [1.54, 1.807) is 0 Å². The van der Waals surface area contributed by atoms with Crippen LogP contribution in [0, 0.1) is 11.8 Å². The van der Waals surface area contributed by atoms with Crippen molar-refractivity contribution in [1.29, 1.82) is 0 Å². The van der Waals surface area contributed by atoms with Crippen molar-refractivity contribution in [2.75, 3.05) is 32.8 Å². The Kier molecular flexibility index (Phi) is 6.31. The highest BCUT2D eigenvalue weighted by Crippen LogP contribution is 2.37. The first kappa shape index (κ1) is 16.3. The fourth-order valence-electron chi connectivity index (χ4n) is 3.82. The van der Waals surface area contributed by atoms with Gasteiger partial charge in [-0.05, 0) is 69.9 Å². The Morgan fingerprint density at radius 2 is 1.85 bits per heavy atom. The SMILES string of the molecule is CC(C)C1CCC(CN)(OCCCN2CCCC2)CC1.